The molecular formula is C14H17NO3. The lowest BCUT2D eigenvalue weighted by Gasteiger charge is -2.24. The van der Waals surface area contributed by atoms with Gasteiger partial charge in [-0.25, -0.2) is 4.79 Å². The van der Waals surface area contributed by atoms with Gasteiger partial charge in [-0.15, -0.1) is 0 Å². The average molecular weight is 247 g/mol. The Morgan fingerprint density at radius 2 is 2.06 bits per heavy atom. The van der Waals surface area contributed by atoms with Crippen LogP contribution in [0.4, 0.5) is 5.69 Å². The first-order valence-electron chi connectivity index (χ1n) is 6.29. The molecule has 0 atom stereocenters. The highest BCUT2D eigenvalue weighted by molar-refractivity contribution is 6.02. The number of ether oxygens (including phenoxy) is 1. The molecule has 0 heterocycles. The highest BCUT2D eigenvalue weighted by Crippen LogP contribution is 2.28. The van der Waals surface area contributed by atoms with Gasteiger partial charge in [-0.3, -0.25) is 4.79 Å². The number of hydrogen-bond donors (Lipinski definition) is 1. The van der Waals surface area contributed by atoms with Crippen molar-refractivity contribution in [2.24, 2.45) is 5.92 Å². The second-order valence-electron chi connectivity index (χ2n) is 4.38. The van der Waals surface area contributed by atoms with E-state index in [1.165, 1.54) is 0 Å². The van der Waals surface area contributed by atoms with E-state index in [1.54, 1.807) is 31.2 Å². The number of rotatable bonds is 4. The van der Waals surface area contributed by atoms with Crippen molar-refractivity contribution in [2.75, 3.05) is 11.9 Å². The first-order chi connectivity index (χ1) is 8.72. The van der Waals surface area contributed by atoms with Crippen LogP contribution in [-0.4, -0.2) is 18.5 Å². The average Bonchev–Trinajstić information content (AvgIpc) is 2.27. The van der Waals surface area contributed by atoms with Crippen LogP contribution < -0.4 is 5.32 Å². The predicted octanol–water partition coefficient (Wildman–Crippen LogP) is 2.60. The van der Waals surface area contributed by atoms with Crippen molar-refractivity contribution < 1.29 is 14.3 Å². The van der Waals surface area contributed by atoms with E-state index in [9.17, 15) is 9.59 Å². The lowest BCUT2D eigenvalue weighted by molar-refractivity contribution is -0.122. The summed E-state index contributed by atoms with van der Waals surface area (Å²) < 4.78 is 4.96. The zero-order valence-corrected chi connectivity index (χ0v) is 10.4. The number of hydrogen-bond acceptors (Lipinski definition) is 3. The van der Waals surface area contributed by atoms with Crippen molar-refractivity contribution in [1.29, 1.82) is 0 Å². The zero-order chi connectivity index (χ0) is 13.0. The Balaban J connectivity index is 2.11. The van der Waals surface area contributed by atoms with Gasteiger partial charge in [0.2, 0.25) is 5.91 Å². The highest BCUT2D eigenvalue weighted by Gasteiger charge is 2.26. The van der Waals surface area contributed by atoms with Crippen molar-refractivity contribution in [3.63, 3.8) is 0 Å². The summed E-state index contributed by atoms with van der Waals surface area (Å²) in [4.78, 5) is 23.6. The van der Waals surface area contributed by atoms with Crippen LogP contribution in [0.25, 0.3) is 0 Å². The van der Waals surface area contributed by atoms with Gasteiger partial charge in [-0.05, 0) is 31.9 Å². The number of nitrogens with one attached hydrogen (secondary N) is 1. The monoisotopic (exact) mass is 247 g/mol. The SMILES string of the molecule is CCOC(=O)c1ccccc1NC(=O)C1CCC1. The highest BCUT2D eigenvalue weighted by atomic mass is 16.5. The molecule has 0 aromatic heterocycles. The lowest BCUT2D eigenvalue weighted by atomic mass is 9.85. The molecule has 1 saturated carbocycles. The van der Waals surface area contributed by atoms with Crippen molar-refractivity contribution >= 4 is 17.6 Å². The van der Waals surface area contributed by atoms with Crippen LogP contribution in [0.2, 0.25) is 0 Å². The van der Waals surface area contributed by atoms with Crippen LogP contribution in [0.1, 0.15) is 36.5 Å². The standard InChI is InChI=1S/C14H17NO3/c1-2-18-14(17)11-8-3-4-9-12(11)15-13(16)10-6-5-7-10/h3-4,8-10H,2,5-7H2,1H3,(H,15,16). The molecule has 4 heteroatoms. The Morgan fingerprint density at radius 1 is 1.33 bits per heavy atom. The van der Waals surface area contributed by atoms with Gasteiger partial charge in [0, 0.05) is 5.92 Å². The van der Waals surface area contributed by atoms with Crippen molar-refractivity contribution in [2.45, 2.75) is 26.2 Å². The second kappa shape index (κ2) is 5.67. The van der Waals surface area contributed by atoms with Gasteiger partial charge in [0.05, 0.1) is 17.9 Å². The molecular weight excluding hydrogens is 230 g/mol. The number of carbonyl (C=O) groups excluding carboxylic acids is 2. The molecule has 1 amide bonds. The number of para-hydroxylation sites is 1. The van der Waals surface area contributed by atoms with Crippen molar-refractivity contribution in [3.05, 3.63) is 29.8 Å². The predicted molar refractivity (Wildman–Crippen MR) is 68.4 cm³/mol. The van der Waals surface area contributed by atoms with Gasteiger partial charge in [-0.1, -0.05) is 18.6 Å². The molecule has 0 spiro atoms. The number of amides is 1. The van der Waals surface area contributed by atoms with Crippen molar-refractivity contribution in [1.82, 2.24) is 0 Å². The van der Waals surface area contributed by atoms with E-state index in [0.29, 0.717) is 17.9 Å². The molecule has 0 bridgehead atoms. The molecule has 0 unspecified atom stereocenters. The van der Waals surface area contributed by atoms with Gasteiger partial charge < -0.3 is 10.1 Å². The van der Waals surface area contributed by atoms with E-state index < -0.39 is 5.97 Å². The fourth-order valence-electron chi connectivity index (χ4n) is 1.88. The van der Waals surface area contributed by atoms with E-state index in [0.717, 1.165) is 19.3 Å². The summed E-state index contributed by atoms with van der Waals surface area (Å²) in [6.07, 6.45) is 2.98. The summed E-state index contributed by atoms with van der Waals surface area (Å²) in [7, 11) is 0. The number of esters is 1. The van der Waals surface area contributed by atoms with Crippen LogP contribution in [0.5, 0.6) is 0 Å². The van der Waals surface area contributed by atoms with Crippen molar-refractivity contribution in [3.8, 4) is 0 Å². The summed E-state index contributed by atoms with van der Waals surface area (Å²) in [5.74, 6) is -0.305. The summed E-state index contributed by atoms with van der Waals surface area (Å²) >= 11 is 0. The third-order valence-electron chi connectivity index (χ3n) is 3.16. The molecule has 1 aromatic carbocycles. The lowest BCUT2D eigenvalue weighted by Crippen LogP contribution is -2.28. The molecule has 0 aliphatic heterocycles. The van der Waals surface area contributed by atoms with Gasteiger partial charge in [0.25, 0.3) is 0 Å². The maximum atomic E-state index is 11.9. The Hall–Kier alpha value is -1.84. The minimum Gasteiger partial charge on any atom is -0.462 e. The third kappa shape index (κ3) is 2.70. The van der Waals surface area contributed by atoms with Gasteiger partial charge in [0.15, 0.2) is 0 Å². The minimum atomic E-state index is -0.401. The summed E-state index contributed by atoms with van der Waals surface area (Å²) in [6, 6.07) is 6.93. The van der Waals surface area contributed by atoms with Gasteiger partial charge in [-0.2, -0.15) is 0 Å². The maximum absolute atomic E-state index is 11.9. The first kappa shape index (κ1) is 12.6. The third-order valence-corrected chi connectivity index (χ3v) is 3.16. The summed E-state index contributed by atoms with van der Waals surface area (Å²) in [6.45, 7) is 2.08. The summed E-state index contributed by atoms with van der Waals surface area (Å²) in [5.41, 5.74) is 0.944. The number of anilines is 1. The topological polar surface area (TPSA) is 55.4 Å². The normalized spacial score (nSPS) is 14.7. The van der Waals surface area contributed by atoms with E-state index >= 15 is 0 Å². The van der Waals surface area contributed by atoms with Crippen LogP contribution in [0.3, 0.4) is 0 Å². The molecule has 1 N–H and O–H groups in total. The molecule has 4 nitrogen and oxygen atoms in total. The Labute approximate surface area is 106 Å². The zero-order valence-electron chi connectivity index (χ0n) is 10.4. The first-order valence-corrected chi connectivity index (χ1v) is 6.29. The van der Waals surface area contributed by atoms with Crippen LogP contribution in [-0.2, 0) is 9.53 Å². The van der Waals surface area contributed by atoms with Crippen LogP contribution in [0.15, 0.2) is 24.3 Å². The van der Waals surface area contributed by atoms with E-state index in [4.69, 9.17) is 4.74 Å². The molecule has 1 aliphatic rings. The molecule has 0 radical (unpaired) electrons. The Bertz CT molecular complexity index is 452. The van der Waals surface area contributed by atoms with E-state index in [2.05, 4.69) is 5.32 Å². The largest absolute Gasteiger partial charge is 0.462 e. The minimum absolute atomic E-state index is 0.00185. The number of carbonyl (C=O) groups is 2. The fraction of sp³-hybridized carbons (Fsp3) is 0.429. The van der Waals surface area contributed by atoms with Crippen LogP contribution >= 0.6 is 0 Å². The van der Waals surface area contributed by atoms with Crippen LogP contribution in [0, 0.1) is 5.92 Å². The quantitative estimate of drug-likeness (QED) is 0.832. The molecule has 1 aromatic rings. The molecule has 1 fully saturated rings. The second-order valence-corrected chi connectivity index (χ2v) is 4.38. The molecule has 96 valence electrons. The maximum Gasteiger partial charge on any atom is 0.340 e. The Kier molecular flexibility index (Phi) is 3.97. The summed E-state index contributed by atoms with van der Waals surface area (Å²) in [5, 5.41) is 2.81. The van der Waals surface area contributed by atoms with Gasteiger partial charge >= 0.3 is 5.97 Å². The number of benzene rings is 1. The van der Waals surface area contributed by atoms with Gasteiger partial charge in [0.1, 0.15) is 0 Å². The molecule has 1 aliphatic carbocycles. The van der Waals surface area contributed by atoms with E-state index in [-0.39, 0.29) is 11.8 Å². The Morgan fingerprint density at radius 3 is 2.67 bits per heavy atom. The smallest absolute Gasteiger partial charge is 0.340 e. The molecule has 0 saturated heterocycles. The molecule has 18 heavy (non-hydrogen) atoms. The van der Waals surface area contributed by atoms with E-state index in [1.807, 2.05) is 0 Å². The molecule has 2 rings (SSSR count). The fourth-order valence-corrected chi connectivity index (χ4v) is 1.88.